The van der Waals surface area contributed by atoms with E-state index in [1.54, 1.807) is 0 Å². The molecular weight excluding hydrogens is 256 g/mol. The van der Waals surface area contributed by atoms with E-state index in [0.717, 1.165) is 5.92 Å². The summed E-state index contributed by atoms with van der Waals surface area (Å²) >= 11 is 0. The maximum Gasteiger partial charge on any atom is 0.0422 e. The molecule has 3 rings (SSSR count). The maximum atomic E-state index is 3.77. The van der Waals surface area contributed by atoms with E-state index in [2.05, 4.69) is 66.5 Å². The van der Waals surface area contributed by atoms with Crippen LogP contribution in [0.25, 0.3) is 10.8 Å². The Morgan fingerprint density at radius 1 is 1.19 bits per heavy atom. The minimum atomic E-state index is 0.519. The quantitative estimate of drug-likeness (QED) is 0.895. The van der Waals surface area contributed by atoms with Crippen molar-refractivity contribution in [1.29, 1.82) is 0 Å². The molecule has 2 unspecified atom stereocenters. The van der Waals surface area contributed by atoms with Crippen LogP contribution < -0.4 is 5.32 Å². The van der Waals surface area contributed by atoms with Crippen molar-refractivity contribution in [2.45, 2.75) is 32.7 Å². The summed E-state index contributed by atoms with van der Waals surface area (Å²) in [6.07, 6.45) is 2.68. The molecule has 2 heteroatoms. The average Bonchev–Trinajstić information content (AvgIpc) is 2.55. The zero-order valence-electron chi connectivity index (χ0n) is 13.2. The van der Waals surface area contributed by atoms with E-state index in [0.29, 0.717) is 6.04 Å². The predicted molar refractivity (Wildman–Crippen MR) is 91.9 cm³/mol. The molecule has 1 aliphatic rings. The van der Waals surface area contributed by atoms with E-state index in [1.807, 2.05) is 0 Å². The molecule has 1 fully saturated rings. The molecule has 0 saturated carbocycles. The van der Waals surface area contributed by atoms with Crippen LogP contribution in [0.1, 0.15) is 26.7 Å². The van der Waals surface area contributed by atoms with Gasteiger partial charge in [-0.2, -0.15) is 0 Å². The molecule has 1 N–H and O–H groups in total. The Balaban J connectivity index is 1.75. The number of likely N-dealkylation sites (tertiary alicyclic amines) is 1. The van der Waals surface area contributed by atoms with Crippen LogP contribution in [0.5, 0.6) is 0 Å². The number of piperidine rings is 1. The number of benzene rings is 2. The van der Waals surface area contributed by atoms with Crippen LogP contribution in [-0.2, 0) is 0 Å². The van der Waals surface area contributed by atoms with Gasteiger partial charge in [0.25, 0.3) is 0 Å². The molecule has 0 aliphatic carbocycles. The first-order valence-corrected chi connectivity index (χ1v) is 8.24. The molecular formula is C19H26N2. The molecule has 1 aliphatic heterocycles. The third-order valence-corrected chi connectivity index (χ3v) is 4.87. The van der Waals surface area contributed by atoms with Gasteiger partial charge in [-0.15, -0.1) is 0 Å². The lowest BCUT2D eigenvalue weighted by molar-refractivity contribution is 0.172. The summed E-state index contributed by atoms with van der Waals surface area (Å²) in [6.45, 7) is 8.29. The summed E-state index contributed by atoms with van der Waals surface area (Å²) in [5, 5.41) is 6.41. The topological polar surface area (TPSA) is 15.3 Å². The second-order valence-electron chi connectivity index (χ2n) is 6.26. The fraction of sp³-hybridized carbons (Fsp3) is 0.474. The first-order chi connectivity index (χ1) is 10.3. The van der Waals surface area contributed by atoms with Crippen LogP contribution in [0.4, 0.5) is 5.69 Å². The maximum absolute atomic E-state index is 3.77. The second kappa shape index (κ2) is 6.48. The van der Waals surface area contributed by atoms with Crippen molar-refractivity contribution in [2.75, 3.05) is 25.0 Å². The number of fused-ring (bicyclic) bond motifs is 1. The third kappa shape index (κ3) is 3.21. The van der Waals surface area contributed by atoms with Crippen molar-refractivity contribution in [3.05, 3.63) is 42.5 Å². The fourth-order valence-electron chi connectivity index (χ4n) is 3.50. The summed E-state index contributed by atoms with van der Waals surface area (Å²) in [6, 6.07) is 15.7. The zero-order valence-corrected chi connectivity index (χ0v) is 13.2. The average molecular weight is 282 g/mol. The molecule has 0 spiro atoms. The van der Waals surface area contributed by atoms with Crippen molar-refractivity contribution in [2.24, 2.45) is 5.92 Å². The van der Waals surface area contributed by atoms with Crippen LogP contribution in [-0.4, -0.2) is 30.6 Å². The Kier molecular flexibility index (Phi) is 4.45. The summed E-state index contributed by atoms with van der Waals surface area (Å²) in [5.41, 5.74) is 1.27. The molecule has 2 aromatic rings. The Morgan fingerprint density at radius 2 is 2.00 bits per heavy atom. The summed E-state index contributed by atoms with van der Waals surface area (Å²) in [7, 11) is 0. The third-order valence-electron chi connectivity index (χ3n) is 4.87. The molecule has 112 valence electrons. The highest BCUT2D eigenvalue weighted by Crippen LogP contribution is 2.27. The second-order valence-corrected chi connectivity index (χ2v) is 6.26. The Morgan fingerprint density at radius 3 is 2.86 bits per heavy atom. The monoisotopic (exact) mass is 282 g/mol. The Hall–Kier alpha value is -1.54. The largest absolute Gasteiger partial charge is 0.382 e. The molecule has 0 aromatic heterocycles. The van der Waals surface area contributed by atoms with Crippen molar-refractivity contribution < 1.29 is 0 Å². The van der Waals surface area contributed by atoms with Crippen molar-refractivity contribution >= 4 is 16.5 Å². The van der Waals surface area contributed by atoms with Crippen molar-refractivity contribution in [3.63, 3.8) is 0 Å². The first-order valence-electron chi connectivity index (χ1n) is 8.24. The van der Waals surface area contributed by atoms with E-state index in [-0.39, 0.29) is 0 Å². The SMILES string of the molecule is CCN1CCCC(C(C)Nc2cccc3ccccc23)C1. The first kappa shape index (κ1) is 14.4. The molecule has 2 atom stereocenters. The standard InChI is InChI=1S/C19H26N2/c1-3-21-13-7-10-17(14-21)15(2)20-19-12-6-9-16-8-4-5-11-18(16)19/h4-6,8-9,11-12,15,17,20H,3,7,10,13-14H2,1-2H3. The van der Waals surface area contributed by atoms with E-state index in [1.165, 1.54) is 48.9 Å². The zero-order chi connectivity index (χ0) is 14.7. The Bertz CT molecular complexity index is 588. The molecule has 0 radical (unpaired) electrons. The number of hydrogen-bond donors (Lipinski definition) is 1. The summed E-state index contributed by atoms with van der Waals surface area (Å²) in [4.78, 5) is 2.58. The highest BCUT2D eigenvalue weighted by Gasteiger charge is 2.23. The van der Waals surface area contributed by atoms with E-state index in [9.17, 15) is 0 Å². The number of rotatable bonds is 4. The minimum absolute atomic E-state index is 0.519. The molecule has 0 bridgehead atoms. The van der Waals surface area contributed by atoms with Gasteiger partial charge in [0.2, 0.25) is 0 Å². The molecule has 21 heavy (non-hydrogen) atoms. The smallest absolute Gasteiger partial charge is 0.0422 e. The van der Waals surface area contributed by atoms with Gasteiger partial charge in [0.05, 0.1) is 0 Å². The van der Waals surface area contributed by atoms with Crippen LogP contribution in [0.2, 0.25) is 0 Å². The highest BCUT2D eigenvalue weighted by atomic mass is 15.1. The van der Waals surface area contributed by atoms with Crippen LogP contribution in [0.15, 0.2) is 42.5 Å². The van der Waals surface area contributed by atoms with E-state index < -0.39 is 0 Å². The van der Waals surface area contributed by atoms with Gasteiger partial charge < -0.3 is 10.2 Å². The van der Waals surface area contributed by atoms with Crippen LogP contribution >= 0.6 is 0 Å². The molecule has 1 saturated heterocycles. The minimum Gasteiger partial charge on any atom is -0.382 e. The van der Waals surface area contributed by atoms with Gasteiger partial charge in [0.1, 0.15) is 0 Å². The molecule has 1 heterocycles. The lowest BCUT2D eigenvalue weighted by atomic mass is 9.91. The van der Waals surface area contributed by atoms with Gasteiger partial charge in [-0.3, -0.25) is 0 Å². The summed E-state index contributed by atoms with van der Waals surface area (Å²) in [5.74, 6) is 0.748. The van der Waals surface area contributed by atoms with Gasteiger partial charge in [-0.25, -0.2) is 0 Å². The Labute approximate surface area is 128 Å². The molecule has 2 aromatic carbocycles. The van der Waals surface area contributed by atoms with E-state index >= 15 is 0 Å². The van der Waals surface area contributed by atoms with Gasteiger partial charge >= 0.3 is 0 Å². The predicted octanol–water partition coefficient (Wildman–Crippen LogP) is 4.37. The molecule has 2 nitrogen and oxygen atoms in total. The number of hydrogen-bond acceptors (Lipinski definition) is 2. The van der Waals surface area contributed by atoms with Gasteiger partial charge in [0, 0.05) is 23.7 Å². The summed E-state index contributed by atoms with van der Waals surface area (Å²) < 4.78 is 0. The van der Waals surface area contributed by atoms with Gasteiger partial charge in [0.15, 0.2) is 0 Å². The normalized spacial score (nSPS) is 21.3. The number of nitrogens with one attached hydrogen (secondary N) is 1. The number of nitrogens with zero attached hydrogens (tertiary/aromatic N) is 1. The lowest BCUT2D eigenvalue weighted by Crippen LogP contribution is -2.41. The lowest BCUT2D eigenvalue weighted by Gasteiger charge is -2.36. The van der Waals surface area contributed by atoms with Gasteiger partial charge in [-0.1, -0.05) is 43.3 Å². The van der Waals surface area contributed by atoms with Crippen LogP contribution in [0.3, 0.4) is 0 Å². The molecule has 0 amide bonds. The highest BCUT2D eigenvalue weighted by molar-refractivity contribution is 5.93. The fourth-order valence-corrected chi connectivity index (χ4v) is 3.50. The van der Waals surface area contributed by atoms with Crippen molar-refractivity contribution in [3.8, 4) is 0 Å². The van der Waals surface area contributed by atoms with E-state index in [4.69, 9.17) is 0 Å². The van der Waals surface area contributed by atoms with Crippen LogP contribution in [0, 0.1) is 5.92 Å². The number of anilines is 1. The van der Waals surface area contributed by atoms with Gasteiger partial charge in [-0.05, 0) is 50.2 Å². The van der Waals surface area contributed by atoms with Crippen molar-refractivity contribution in [1.82, 2.24) is 4.90 Å².